The number of ketones is 1. The van der Waals surface area contributed by atoms with Gasteiger partial charge in [-0.2, -0.15) is 0 Å². The quantitative estimate of drug-likeness (QED) is 0.0241. The summed E-state index contributed by atoms with van der Waals surface area (Å²) in [5, 5.41) is 15.7. The van der Waals surface area contributed by atoms with Crippen LogP contribution in [0.25, 0.3) is 0 Å². The number of benzene rings is 4. The number of aliphatic carboxylic acids is 1. The topological polar surface area (TPSA) is 162 Å². The van der Waals surface area contributed by atoms with E-state index < -0.39 is 34.9 Å². The molecule has 1 aliphatic rings. The minimum Gasteiger partial charge on any atom is -0.478 e. The van der Waals surface area contributed by atoms with Gasteiger partial charge in [0.2, 0.25) is 17.7 Å². The Bertz CT molecular complexity index is 2720. The van der Waals surface area contributed by atoms with Gasteiger partial charge in [0.1, 0.15) is 18.4 Å². The molecule has 0 unspecified atom stereocenters. The van der Waals surface area contributed by atoms with Crippen molar-refractivity contribution >= 4 is 41.1 Å². The van der Waals surface area contributed by atoms with Gasteiger partial charge in [-0.1, -0.05) is 158 Å². The maximum absolute atomic E-state index is 14.2. The number of carbonyl (C=O) groups is 6. The molecule has 12 heteroatoms. The monoisotopic (exact) mass is 1020 g/mol. The zero-order valence-corrected chi connectivity index (χ0v) is 46.0. The van der Waals surface area contributed by atoms with E-state index in [2.05, 4.69) is 34.6 Å². The molecule has 1 heterocycles. The molecular formula is C63H80N4O8. The van der Waals surface area contributed by atoms with Crippen LogP contribution in [0.2, 0.25) is 0 Å². The number of hydrogen-bond acceptors (Lipinski definition) is 8. The number of carbonyl (C=O) groups excluding carboxylic acids is 5. The second-order valence-corrected chi connectivity index (χ2v) is 22.0. The average molecular weight is 1020 g/mol. The van der Waals surface area contributed by atoms with E-state index in [1.54, 1.807) is 20.2 Å². The van der Waals surface area contributed by atoms with E-state index in [0.29, 0.717) is 38.6 Å². The summed E-state index contributed by atoms with van der Waals surface area (Å²) >= 11 is 0. The summed E-state index contributed by atoms with van der Waals surface area (Å²) in [5.41, 5.74) is 5.97. The Hall–Kier alpha value is -6.84. The number of unbranched alkanes of at least 4 members (excludes halogenated alkanes) is 4. The molecule has 400 valence electrons. The van der Waals surface area contributed by atoms with Gasteiger partial charge in [-0.15, -0.1) is 0 Å². The van der Waals surface area contributed by atoms with Crippen molar-refractivity contribution < 1.29 is 38.6 Å². The van der Waals surface area contributed by atoms with Gasteiger partial charge in [0.25, 0.3) is 0 Å². The first-order valence-electron chi connectivity index (χ1n) is 26.6. The van der Waals surface area contributed by atoms with E-state index >= 15 is 0 Å². The zero-order chi connectivity index (χ0) is 54.9. The maximum atomic E-state index is 14.2. The van der Waals surface area contributed by atoms with Gasteiger partial charge in [0, 0.05) is 48.4 Å². The minimum absolute atomic E-state index is 0.0451. The minimum atomic E-state index is -1.06. The SMILES string of the molecule is CN[C@H](C(=O)N[C@H](C(=O)N(C)[C@H](/C=C(\C)C(=O)O)C(C)C)C(C)(C)C)C(C)(C)c1cccc(CC(=O)OCc2ccc(CCCCCCC(=O)CCCCC(=O)N3Cc4ccccc4C#Cc4ccccc43)cc2)c1. The maximum Gasteiger partial charge on any atom is 0.331 e. The van der Waals surface area contributed by atoms with E-state index in [0.717, 1.165) is 71.2 Å². The number of Topliss-reactive ketones (excluding diaryl/α,β-unsaturated/α-hetero) is 1. The van der Waals surface area contributed by atoms with Crippen molar-refractivity contribution in [2.45, 2.75) is 163 Å². The predicted octanol–water partition coefficient (Wildman–Crippen LogP) is 10.5. The number of amides is 3. The molecule has 0 radical (unpaired) electrons. The molecular weight excluding hydrogens is 941 g/mol. The molecule has 0 aliphatic carbocycles. The summed E-state index contributed by atoms with van der Waals surface area (Å²) in [4.78, 5) is 82.6. The Morgan fingerprint density at radius 2 is 1.36 bits per heavy atom. The number of anilines is 1. The normalized spacial score (nSPS) is 13.7. The van der Waals surface area contributed by atoms with Gasteiger partial charge < -0.3 is 30.3 Å². The molecule has 0 aromatic heterocycles. The van der Waals surface area contributed by atoms with Crippen LogP contribution in [0.4, 0.5) is 5.69 Å². The van der Waals surface area contributed by atoms with Gasteiger partial charge in [-0.05, 0) is 103 Å². The average Bonchev–Trinajstić information content (AvgIpc) is 3.36. The van der Waals surface area contributed by atoms with Gasteiger partial charge in [0.05, 0.1) is 30.7 Å². The number of carboxylic acids is 1. The highest BCUT2D eigenvalue weighted by atomic mass is 16.5. The van der Waals surface area contributed by atoms with Crippen LogP contribution < -0.4 is 15.5 Å². The molecule has 0 spiro atoms. The highest BCUT2D eigenvalue weighted by molar-refractivity contribution is 5.95. The number of fused-ring (bicyclic) bond motifs is 2. The predicted molar refractivity (Wildman–Crippen MR) is 297 cm³/mol. The summed E-state index contributed by atoms with van der Waals surface area (Å²) < 4.78 is 5.69. The van der Waals surface area contributed by atoms with Crippen LogP contribution >= 0.6 is 0 Å². The number of esters is 1. The van der Waals surface area contributed by atoms with E-state index in [-0.39, 0.29) is 54.0 Å². The number of nitrogens with one attached hydrogen (secondary N) is 2. The van der Waals surface area contributed by atoms with Crippen LogP contribution in [0.1, 0.15) is 152 Å². The third kappa shape index (κ3) is 17.1. The fraction of sp³-hybridized carbons (Fsp3) is 0.460. The Labute approximate surface area is 446 Å². The molecule has 0 saturated heterocycles. The van der Waals surface area contributed by atoms with Crippen molar-refractivity contribution in [1.29, 1.82) is 0 Å². The Morgan fingerprint density at radius 3 is 2.03 bits per heavy atom. The lowest BCUT2D eigenvalue weighted by Crippen LogP contribution is -2.61. The van der Waals surface area contributed by atoms with Gasteiger partial charge in [-0.25, -0.2) is 4.79 Å². The summed E-state index contributed by atoms with van der Waals surface area (Å²) in [5.74, 6) is 4.60. The summed E-state index contributed by atoms with van der Waals surface area (Å²) in [7, 11) is 3.34. The lowest BCUT2D eigenvalue weighted by Gasteiger charge is -2.40. The highest BCUT2D eigenvalue weighted by Gasteiger charge is 2.42. The van der Waals surface area contributed by atoms with Crippen LogP contribution in [-0.4, -0.2) is 77.7 Å². The van der Waals surface area contributed by atoms with Crippen LogP contribution in [0.3, 0.4) is 0 Å². The third-order valence-corrected chi connectivity index (χ3v) is 14.3. The molecule has 0 bridgehead atoms. The second-order valence-electron chi connectivity index (χ2n) is 22.0. The van der Waals surface area contributed by atoms with Crippen molar-refractivity contribution in [3.8, 4) is 11.8 Å². The van der Waals surface area contributed by atoms with Crippen LogP contribution in [0.5, 0.6) is 0 Å². The summed E-state index contributed by atoms with van der Waals surface area (Å²) in [6.07, 6.45) is 9.24. The molecule has 1 aliphatic heterocycles. The third-order valence-electron chi connectivity index (χ3n) is 14.3. The van der Waals surface area contributed by atoms with Crippen LogP contribution in [0, 0.1) is 23.2 Å². The first-order valence-corrected chi connectivity index (χ1v) is 26.6. The number of ether oxygens (including phenoxy) is 1. The molecule has 75 heavy (non-hydrogen) atoms. The molecule has 0 fully saturated rings. The number of rotatable bonds is 26. The molecule has 3 N–H and O–H groups in total. The molecule has 12 nitrogen and oxygen atoms in total. The van der Waals surface area contributed by atoms with Crippen LogP contribution in [-0.2, 0) is 64.9 Å². The van der Waals surface area contributed by atoms with Crippen molar-refractivity contribution in [2.24, 2.45) is 11.3 Å². The Balaban J connectivity index is 1.01. The summed E-state index contributed by atoms with van der Waals surface area (Å²) in [6, 6.07) is 29.2. The van der Waals surface area contributed by atoms with Crippen molar-refractivity contribution in [2.75, 3.05) is 19.0 Å². The lowest BCUT2D eigenvalue weighted by molar-refractivity contribution is -0.144. The molecule has 3 amide bonds. The van der Waals surface area contributed by atoms with E-state index in [1.165, 1.54) is 17.4 Å². The lowest BCUT2D eigenvalue weighted by atomic mass is 9.76. The number of hydrogen-bond donors (Lipinski definition) is 3. The number of likely N-dealkylation sites (N-methyl/N-ethyl adjacent to an activating group) is 2. The Kier molecular flexibility index (Phi) is 21.7. The van der Waals surface area contributed by atoms with Gasteiger partial charge >= 0.3 is 11.9 Å². The molecule has 4 aromatic rings. The van der Waals surface area contributed by atoms with Gasteiger partial charge in [0.15, 0.2) is 0 Å². The Morgan fingerprint density at radius 1 is 0.747 bits per heavy atom. The molecule has 5 rings (SSSR count). The molecule has 4 aromatic carbocycles. The van der Waals surface area contributed by atoms with Crippen molar-refractivity contribution in [3.63, 3.8) is 0 Å². The smallest absolute Gasteiger partial charge is 0.331 e. The first kappa shape index (κ1) is 59.0. The number of para-hydroxylation sites is 1. The van der Waals surface area contributed by atoms with E-state index in [1.807, 2.05) is 138 Å². The number of nitrogens with zero attached hydrogens (tertiary/aromatic N) is 2. The fourth-order valence-electron chi connectivity index (χ4n) is 9.63. The highest BCUT2D eigenvalue weighted by Crippen LogP contribution is 2.31. The van der Waals surface area contributed by atoms with Crippen molar-refractivity contribution in [3.05, 3.63) is 148 Å². The van der Waals surface area contributed by atoms with E-state index in [4.69, 9.17) is 4.74 Å². The van der Waals surface area contributed by atoms with Crippen molar-refractivity contribution in [1.82, 2.24) is 15.5 Å². The summed E-state index contributed by atoms with van der Waals surface area (Å²) in [6.45, 7) is 15.5. The largest absolute Gasteiger partial charge is 0.478 e. The fourth-order valence-corrected chi connectivity index (χ4v) is 9.63. The second kappa shape index (κ2) is 27.6. The number of aryl methyl sites for hydroxylation is 1. The van der Waals surface area contributed by atoms with Crippen LogP contribution in [0.15, 0.2) is 109 Å². The molecule has 0 saturated carbocycles. The standard InChI is InChI=1S/C63H80N4O8/c1-43(2)54(38-44(3)61(73)74)66(10)60(72)58(62(4,5)6)65-59(71)57(64-9)63(7,8)51-27-21-23-47(39-51)40-56(70)75-42-46-34-32-45(33-35-46)22-13-11-12-14-28-52(68)29-18-20-31-55(69)67-41-50-26-16-15-24-48(50)36-37-49-25-17-19-30-53(49)67/h15-17,19,21,23-27,30,32-35,38-39,43,54,57-58,64H,11-14,18,20,22,28-29,31,40-42H2,1-10H3,(H,65,71)(H,73,74)/b44-38+/t54-,57-,58-/m1/s1. The zero-order valence-electron chi connectivity index (χ0n) is 46.0. The molecule has 3 atom stereocenters. The number of carboxylic acid groups (broad SMARTS) is 1. The van der Waals surface area contributed by atoms with Gasteiger partial charge in [-0.3, -0.25) is 24.0 Å². The van der Waals surface area contributed by atoms with E-state index in [9.17, 15) is 33.9 Å². The first-order chi connectivity index (χ1) is 35.6.